The van der Waals surface area contributed by atoms with Crippen molar-refractivity contribution in [2.24, 2.45) is 0 Å². The van der Waals surface area contributed by atoms with Crippen molar-refractivity contribution in [1.82, 2.24) is 4.90 Å². The van der Waals surface area contributed by atoms with Crippen LogP contribution >= 0.6 is 0 Å². The van der Waals surface area contributed by atoms with Gasteiger partial charge in [0, 0.05) is 19.2 Å². The second-order valence-electron chi connectivity index (χ2n) is 3.83. The third-order valence-corrected chi connectivity index (χ3v) is 4.01. The largest absolute Gasteiger partial charge is 0.318 e. The lowest BCUT2D eigenvalue weighted by Crippen LogP contribution is -2.17. The first-order valence-electron chi connectivity index (χ1n) is 5.37. The highest BCUT2D eigenvalue weighted by Gasteiger charge is 2.18. The van der Waals surface area contributed by atoms with Gasteiger partial charge in [-0.1, -0.05) is 18.2 Å². The van der Waals surface area contributed by atoms with E-state index in [2.05, 4.69) is 0 Å². The van der Waals surface area contributed by atoms with Crippen molar-refractivity contribution in [2.75, 3.05) is 6.54 Å². The Labute approximate surface area is 100 Å². The van der Waals surface area contributed by atoms with Crippen LogP contribution in [0, 0.1) is 0 Å². The van der Waals surface area contributed by atoms with Gasteiger partial charge in [-0.2, -0.15) is 0 Å². The average molecular weight is 251 g/mol. The molecule has 2 rings (SSSR count). The summed E-state index contributed by atoms with van der Waals surface area (Å²) in [6.07, 6.45) is 2.64. The maximum Gasteiger partial charge on any atom is 0.226 e. The van der Waals surface area contributed by atoms with Gasteiger partial charge >= 0.3 is 0 Å². The molecule has 17 heavy (non-hydrogen) atoms. The summed E-state index contributed by atoms with van der Waals surface area (Å²) in [4.78, 5) is 13.0. The zero-order valence-corrected chi connectivity index (χ0v) is 10.1. The van der Waals surface area contributed by atoms with E-state index in [0.717, 1.165) is 11.8 Å². The molecule has 0 N–H and O–H groups in total. The van der Waals surface area contributed by atoms with Crippen molar-refractivity contribution in [1.29, 1.82) is 0 Å². The topological polar surface area (TPSA) is 54.5 Å². The predicted molar refractivity (Wildman–Crippen MR) is 63.7 cm³/mol. The van der Waals surface area contributed by atoms with E-state index in [1.54, 1.807) is 18.2 Å². The molecule has 1 saturated heterocycles. The highest BCUT2D eigenvalue weighted by Crippen LogP contribution is 2.14. The summed E-state index contributed by atoms with van der Waals surface area (Å²) in [6, 6.07) is 8.16. The second kappa shape index (κ2) is 4.71. The molecule has 1 fully saturated rings. The monoisotopic (exact) mass is 251 g/mol. The van der Waals surface area contributed by atoms with Crippen LogP contribution in [0.25, 0.3) is 0 Å². The summed E-state index contributed by atoms with van der Waals surface area (Å²) in [5.41, 5.74) is 0. The molecule has 90 valence electrons. The van der Waals surface area contributed by atoms with Crippen LogP contribution in [0.2, 0.25) is 0 Å². The maximum atomic E-state index is 11.9. The van der Waals surface area contributed by atoms with Crippen LogP contribution in [0.1, 0.15) is 12.8 Å². The first-order chi connectivity index (χ1) is 8.09. The highest BCUT2D eigenvalue weighted by molar-refractivity contribution is 7.94. The highest BCUT2D eigenvalue weighted by atomic mass is 32.2. The molecule has 0 aromatic heterocycles. The molecule has 0 spiro atoms. The van der Waals surface area contributed by atoms with E-state index in [4.69, 9.17) is 0 Å². The molecule has 0 unspecified atom stereocenters. The standard InChI is InChI=1S/C12H13NO3S/c14-12-7-4-8-13(12)9-10-17(15,16)11-5-2-1-3-6-11/h1-3,5-6,9-10H,4,7-8H2/b10-9-. The molecule has 1 heterocycles. The molecule has 1 aromatic rings. The molecule has 0 saturated carbocycles. The Morgan fingerprint density at radius 2 is 1.88 bits per heavy atom. The van der Waals surface area contributed by atoms with Gasteiger partial charge in [0.2, 0.25) is 15.7 Å². The molecule has 0 aliphatic carbocycles. The van der Waals surface area contributed by atoms with Crippen LogP contribution in [0.3, 0.4) is 0 Å². The number of likely N-dealkylation sites (tertiary alicyclic amines) is 1. The van der Waals surface area contributed by atoms with Gasteiger partial charge in [-0.3, -0.25) is 4.79 Å². The molecular weight excluding hydrogens is 238 g/mol. The van der Waals surface area contributed by atoms with E-state index in [9.17, 15) is 13.2 Å². The summed E-state index contributed by atoms with van der Waals surface area (Å²) in [6.45, 7) is 0.597. The minimum Gasteiger partial charge on any atom is -0.318 e. The molecule has 1 amide bonds. The first-order valence-corrected chi connectivity index (χ1v) is 6.92. The van der Waals surface area contributed by atoms with Gasteiger partial charge in [0.05, 0.1) is 10.3 Å². The van der Waals surface area contributed by atoms with Crippen molar-refractivity contribution < 1.29 is 13.2 Å². The molecule has 0 bridgehead atoms. The fourth-order valence-corrected chi connectivity index (χ4v) is 2.67. The average Bonchev–Trinajstić information content (AvgIpc) is 2.74. The number of benzene rings is 1. The Bertz CT molecular complexity index is 534. The van der Waals surface area contributed by atoms with Gasteiger partial charge in [-0.25, -0.2) is 8.42 Å². The van der Waals surface area contributed by atoms with Crippen molar-refractivity contribution in [3.63, 3.8) is 0 Å². The lowest BCUT2D eigenvalue weighted by molar-refractivity contribution is -0.125. The van der Waals surface area contributed by atoms with Crippen molar-refractivity contribution >= 4 is 15.7 Å². The van der Waals surface area contributed by atoms with E-state index in [-0.39, 0.29) is 10.8 Å². The second-order valence-corrected chi connectivity index (χ2v) is 5.67. The van der Waals surface area contributed by atoms with Crippen LogP contribution < -0.4 is 0 Å². The van der Waals surface area contributed by atoms with Crippen molar-refractivity contribution in [3.05, 3.63) is 41.9 Å². The molecular formula is C12H13NO3S. The van der Waals surface area contributed by atoms with Crippen molar-refractivity contribution in [3.8, 4) is 0 Å². The molecule has 5 heteroatoms. The summed E-state index contributed by atoms with van der Waals surface area (Å²) in [5, 5.41) is 1.09. The Balaban J connectivity index is 2.18. The number of carbonyl (C=O) groups is 1. The molecule has 1 aliphatic heterocycles. The SMILES string of the molecule is O=C1CCCN1/C=C\S(=O)(=O)c1ccccc1. The zero-order valence-electron chi connectivity index (χ0n) is 9.24. The lowest BCUT2D eigenvalue weighted by atomic mass is 10.4. The van der Waals surface area contributed by atoms with E-state index < -0.39 is 9.84 Å². The van der Waals surface area contributed by atoms with E-state index in [1.165, 1.54) is 23.2 Å². The summed E-state index contributed by atoms with van der Waals surface area (Å²) in [7, 11) is -3.45. The van der Waals surface area contributed by atoms with E-state index >= 15 is 0 Å². The van der Waals surface area contributed by atoms with Gasteiger partial charge in [-0.05, 0) is 18.6 Å². The smallest absolute Gasteiger partial charge is 0.226 e. The third kappa shape index (κ3) is 2.74. The Morgan fingerprint density at radius 3 is 2.47 bits per heavy atom. The molecule has 0 radical (unpaired) electrons. The predicted octanol–water partition coefficient (Wildman–Crippen LogP) is 1.55. The first kappa shape index (κ1) is 11.9. The van der Waals surface area contributed by atoms with E-state index in [0.29, 0.717) is 13.0 Å². The quantitative estimate of drug-likeness (QED) is 0.819. The Kier molecular flexibility index (Phi) is 3.28. The number of nitrogens with zero attached hydrogens (tertiary/aromatic N) is 1. The molecule has 4 nitrogen and oxygen atoms in total. The van der Waals surface area contributed by atoms with Crippen LogP contribution in [0.4, 0.5) is 0 Å². The summed E-state index contributed by atoms with van der Waals surface area (Å²) < 4.78 is 23.7. The number of rotatable bonds is 3. The van der Waals surface area contributed by atoms with Crippen LogP contribution in [-0.2, 0) is 14.6 Å². The molecule has 1 aliphatic rings. The number of carbonyl (C=O) groups excluding carboxylic acids is 1. The van der Waals surface area contributed by atoms with Gasteiger partial charge in [0.25, 0.3) is 0 Å². The lowest BCUT2D eigenvalue weighted by Gasteiger charge is -2.08. The number of sulfone groups is 1. The Hall–Kier alpha value is -1.62. The van der Waals surface area contributed by atoms with Crippen LogP contribution in [0.15, 0.2) is 46.8 Å². The summed E-state index contributed by atoms with van der Waals surface area (Å²) >= 11 is 0. The number of hydrogen-bond donors (Lipinski definition) is 0. The Morgan fingerprint density at radius 1 is 1.18 bits per heavy atom. The van der Waals surface area contributed by atoms with Crippen molar-refractivity contribution in [2.45, 2.75) is 17.7 Å². The molecule has 1 aromatic carbocycles. The van der Waals surface area contributed by atoms with Gasteiger partial charge in [0.15, 0.2) is 0 Å². The number of hydrogen-bond acceptors (Lipinski definition) is 3. The molecule has 0 atom stereocenters. The minimum absolute atomic E-state index is 0.0236. The normalized spacial score (nSPS) is 16.9. The zero-order chi connectivity index (χ0) is 12.3. The maximum absolute atomic E-state index is 11.9. The van der Waals surface area contributed by atoms with Gasteiger partial charge in [0.1, 0.15) is 0 Å². The van der Waals surface area contributed by atoms with Gasteiger partial charge in [-0.15, -0.1) is 0 Å². The van der Waals surface area contributed by atoms with Crippen LogP contribution in [-0.4, -0.2) is 25.8 Å². The fraction of sp³-hybridized carbons (Fsp3) is 0.250. The van der Waals surface area contributed by atoms with E-state index in [1.807, 2.05) is 0 Å². The van der Waals surface area contributed by atoms with Gasteiger partial charge < -0.3 is 4.90 Å². The fourth-order valence-electron chi connectivity index (χ4n) is 1.67. The minimum atomic E-state index is -3.45. The van der Waals surface area contributed by atoms with Crippen LogP contribution in [0.5, 0.6) is 0 Å². The summed E-state index contributed by atoms with van der Waals surface area (Å²) in [5.74, 6) is -0.0236. The number of amides is 1. The third-order valence-electron chi connectivity index (χ3n) is 2.60.